The number of nitrogens with zero attached hydrogens (tertiary/aromatic N) is 3. The Hall–Kier alpha value is -1.56. The van der Waals surface area contributed by atoms with E-state index < -0.39 is 0 Å². The maximum atomic E-state index is 11.7. The molecule has 0 aliphatic heterocycles. The van der Waals surface area contributed by atoms with Gasteiger partial charge in [0.25, 0.3) is 5.56 Å². The molecule has 0 atom stereocenters. The number of aromatic amines is 1. The van der Waals surface area contributed by atoms with Gasteiger partial charge in [0.15, 0.2) is 5.82 Å². The van der Waals surface area contributed by atoms with Gasteiger partial charge in [-0.1, -0.05) is 13.3 Å². The van der Waals surface area contributed by atoms with Gasteiger partial charge in [0.2, 0.25) is 0 Å². The molecule has 0 saturated carbocycles. The second-order valence-corrected chi connectivity index (χ2v) is 4.31. The van der Waals surface area contributed by atoms with E-state index in [4.69, 9.17) is 0 Å². The molecule has 0 amide bonds. The first-order valence-corrected chi connectivity index (χ1v) is 6.06. The molecule has 0 spiro atoms. The first-order valence-electron chi connectivity index (χ1n) is 5.27. The van der Waals surface area contributed by atoms with Crippen molar-refractivity contribution in [2.45, 2.75) is 19.8 Å². The maximum absolute atomic E-state index is 11.7. The van der Waals surface area contributed by atoms with Gasteiger partial charge in [-0.15, -0.1) is 0 Å². The Kier molecular flexibility index (Phi) is 3.63. The van der Waals surface area contributed by atoms with Gasteiger partial charge < -0.3 is 4.98 Å². The minimum absolute atomic E-state index is 0.191. The smallest absolute Gasteiger partial charge is 0.265 e. The molecule has 2 rings (SSSR count). The summed E-state index contributed by atoms with van der Waals surface area (Å²) in [6, 6.07) is 0. The van der Waals surface area contributed by atoms with Crippen LogP contribution in [0.3, 0.4) is 0 Å². The van der Waals surface area contributed by atoms with Gasteiger partial charge in [-0.25, -0.2) is 9.97 Å². The van der Waals surface area contributed by atoms with Crippen molar-refractivity contribution in [2.75, 3.05) is 0 Å². The molecule has 6 heteroatoms. The van der Waals surface area contributed by atoms with Crippen LogP contribution in [0.2, 0.25) is 0 Å². The molecule has 17 heavy (non-hydrogen) atoms. The summed E-state index contributed by atoms with van der Waals surface area (Å²) in [5, 5.41) is 0. The van der Waals surface area contributed by atoms with Crippen LogP contribution in [0.1, 0.15) is 19.0 Å². The predicted octanol–water partition coefficient (Wildman–Crippen LogP) is 1.94. The van der Waals surface area contributed by atoms with Crippen LogP contribution in [0.5, 0.6) is 0 Å². The summed E-state index contributed by atoms with van der Waals surface area (Å²) in [7, 11) is 0. The monoisotopic (exact) mass is 294 g/mol. The van der Waals surface area contributed by atoms with E-state index in [0.29, 0.717) is 16.0 Å². The molecular formula is C11H11BrN4O. The van der Waals surface area contributed by atoms with Crippen molar-refractivity contribution in [1.29, 1.82) is 0 Å². The highest BCUT2D eigenvalue weighted by Gasteiger charge is 2.10. The van der Waals surface area contributed by atoms with Crippen LogP contribution in [0.15, 0.2) is 27.9 Å². The number of hydrogen-bond donors (Lipinski definition) is 1. The number of H-pyrrole nitrogens is 1. The fourth-order valence-corrected chi connectivity index (χ4v) is 1.84. The van der Waals surface area contributed by atoms with Gasteiger partial charge in [0, 0.05) is 12.4 Å². The van der Waals surface area contributed by atoms with Crippen molar-refractivity contribution in [1.82, 2.24) is 19.9 Å². The minimum Gasteiger partial charge on any atom is -0.304 e. The van der Waals surface area contributed by atoms with Gasteiger partial charge in [0.1, 0.15) is 10.2 Å². The molecule has 0 aliphatic carbocycles. The minimum atomic E-state index is -0.191. The van der Waals surface area contributed by atoms with Crippen molar-refractivity contribution in [2.24, 2.45) is 0 Å². The SMILES string of the molecule is CCCc1nc(-c2cnccn2)[nH]c(=O)c1Br. The zero-order valence-corrected chi connectivity index (χ0v) is 10.9. The summed E-state index contributed by atoms with van der Waals surface area (Å²) in [4.78, 5) is 26.8. The Morgan fingerprint density at radius 1 is 1.41 bits per heavy atom. The number of halogens is 1. The Labute approximate surface area is 106 Å². The van der Waals surface area contributed by atoms with Crippen LogP contribution in [-0.4, -0.2) is 19.9 Å². The van der Waals surface area contributed by atoms with Crippen LogP contribution in [0, 0.1) is 0 Å². The topological polar surface area (TPSA) is 71.5 Å². The molecule has 0 fully saturated rings. The molecule has 0 radical (unpaired) electrons. The van der Waals surface area contributed by atoms with Crippen molar-refractivity contribution in [3.8, 4) is 11.5 Å². The zero-order valence-electron chi connectivity index (χ0n) is 9.27. The fourth-order valence-electron chi connectivity index (χ4n) is 1.45. The lowest BCUT2D eigenvalue weighted by molar-refractivity contribution is 0.859. The van der Waals surface area contributed by atoms with Gasteiger partial charge >= 0.3 is 0 Å². The van der Waals surface area contributed by atoms with Crippen LogP contribution in [0.25, 0.3) is 11.5 Å². The molecule has 1 N–H and O–H groups in total. The predicted molar refractivity (Wildman–Crippen MR) is 67.6 cm³/mol. The molecule has 0 aliphatic rings. The Morgan fingerprint density at radius 3 is 2.88 bits per heavy atom. The maximum Gasteiger partial charge on any atom is 0.265 e. The number of rotatable bonds is 3. The van der Waals surface area contributed by atoms with Gasteiger partial charge in [-0.2, -0.15) is 0 Å². The number of aromatic nitrogens is 4. The average molecular weight is 295 g/mol. The Balaban J connectivity index is 2.53. The van der Waals surface area contributed by atoms with E-state index in [1.807, 2.05) is 6.92 Å². The normalized spacial score (nSPS) is 10.5. The Morgan fingerprint density at radius 2 is 2.24 bits per heavy atom. The molecule has 0 bridgehead atoms. The van der Waals surface area contributed by atoms with E-state index in [2.05, 4.69) is 35.9 Å². The van der Waals surface area contributed by atoms with E-state index in [-0.39, 0.29) is 5.56 Å². The fraction of sp³-hybridized carbons (Fsp3) is 0.273. The molecule has 2 heterocycles. The summed E-state index contributed by atoms with van der Waals surface area (Å²) in [6.07, 6.45) is 6.39. The van der Waals surface area contributed by atoms with Crippen molar-refractivity contribution < 1.29 is 0 Å². The lowest BCUT2D eigenvalue weighted by atomic mass is 10.2. The molecule has 0 saturated heterocycles. The van der Waals surface area contributed by atoms with Crippen molar-refractivity contribution in [3.05, 3.63) is 39.1 Å². The van der Waals surface area contributed by atoms with Gasteiger partial charge in [-0.05, 0) is 22.4 Å². The van der Waals surface area contributed by atoms with Crippen molar-refractivity contribution in [3.63, 3.8) is 0 Å². The molecule has 0 unspecified atom stereocenters. The first kappa shape index (κ1) is 11.9. The van der Waals surface area contributed by atoms with E-state index in [9.17, 15) is 4.79 Å². The number of hydrogen-bond acceptors (Lipinski definition) is 4. The van der Waals surface area contributed by atoms with Gasteiger partial charge in [-0.3, -0.25) is 9.78 Å². The second-order valence-electron chi connectivity index (χ2n) is 3.52. The summed E-state index contributed by atoms with van der Waals surface area (Å²) >= 11 is 3.25. The van der Waals surface area contributed by atoms with Crippen LogP contribution >= 0.6 is 15.9 Å². The standard InChI is InChI=1S/C11H11BrN4O/c1-2-3-7-9(12)11(17)16-10(15-7)8-6-13-4-5-14-8/h4-6H,2-3H2,1H3,(H,15,16,17). The molecule has 5 nitrogen and oxygen atoms in total. The average Bonchev–Trinajstić information content (AvgIpc) is 2.36. The number of aryl methyl sites for hydroxylation is 1. The summed E-state index contributed by atoms with van der Waals surface area (Å²) < 4.78 is 0.493. The lowest BCUT2D eigenvalue weighted by Crippen LogP contribution is -2.14. The lowest BCUT2D eigenvalue weighted by Gasteiger charge is -2.04. The third kappa shape index (κ3) is 2.58. The van der Waals surface area contributed by atoms with E-state index >= 15 is 0 Å². The zero-order chi connectivity index (χ0) is 12.3. The summed E-state index contributed by atoms with van der Waals surface area (Å²) in [5.41, 5.74) is 1.12. The second kappa shape index (κ2) is 5.18. The van der Waals surface area contributed by atoms with Gasteiger partial charge in [0.05, 0.1) is 11.9 Å². The summed E-state index contributed by atoms with van der Waals surface area (Å²) in [6.45, 7) is 2.04. The molecule has 2 aromatic heterocycles. The largest absolute Gasteiger partial charge is 0.304 e. The molecular weight excluding hydrogens is 284 g/mol. The van der Waals surface area contributed by atoms with Crippen LogP contribution < -0.4 is 5.56 Å². The van der Waals surface area contributed by atoms with Crippen LogP contribution in [-0.2, 0) is 6.42 Å². The molecule has 88 valence electrons. The van der Waals surface area contributed by atoms with Crippen LogP contribution in [0.4, 0.5) is 0 Å². The van der Waals surface area contributed by atoms with E-state index in [1.165, 1.54) is 0 Å². The molecule has 0 aromatic carbocycles. The number of nitrogens with one attached hydrogen (secondary N) is 1. The van der Waals surface area contributed by atoms with Crippen molar-refractivity contribution >= 4 is 15.9 Å². The Bertz CT molecular complexity index is 567. The van der Waals surface area contributed by atoms with E-state index in [1.54, 1.807) is 18.6 Å². The molecule has 2 aromatic rings. The summed E-state index contributed by atoms with van der Waals surface area (Å²) in [5.74, 6) is 0.453. The first-order chi connectivity index (χ1) is 8.22. The third-order valence-corrected chi connectivity index (χ3v) is 3.04. The highest BCUT2D eigenvalue weighted by atomic mass is 79.9. The highest BCUT2D eigenvalue weighted by molar-refractivity contribution is 9.10. The quantitative estimate of drug-likeness (QED) is 0.939. The highest BCUT2D eigenvalue weighted by Crippen LogP contribution is 2.15. The third-order valence-electron chi connectivity index (χ3n) is 2.22. The van der Waals surface area contributed by atoms with E-state index in [0.717, 1.165) is 18.5 Å².